The summed E-state index contributed by atoms with van der Waals surface area (Å²) in [5, 5.41) is 28.8. The third kappa shape index (κ3) is 7.43. The van der Waals surface area contributed by atoms with Crippen LogP contribution in [0.3, 0.4) is 0 Å². The lowest BCUT2D eigenvalue weighted by Gasteiger charge is -2.40. The number of alkyl carbamates (subject to hydrolysis) is 1. The Labute approximate surface area is 173 Å². The van der Waals surface area contributed by atoms with Crippen LogP contribution in [0.5, 0.6) is 0 Å². The molecule has 168 valence electrons. The molecule has 30 heavy (non-hydrogen) atoms. The van der Waals surface area contributed by atoms with Crippen LogP contribution < -0.4 is 10.6 Å². The van der Waals surface area contributed by atoms with Gasteiger partial charge in [0.1, 0.15) is 17.8 Å². The second kappa shape index (κ2) is 10.7. The number of rotatable bonds is 7. The van der Waals surface area contributed by atoms with E-state index in [0.717, 1.165) is 7.11 Å². The highest BCUT2D eigenvalue weighted by molar-refractivity contribution is 5.87. The van der Waals surface area contributed by atoms with Crippen LogP contribution in [0.1, 0.15) is 27.7 Å². The Balaban J connectivity index is 3.29. The Morgan fingerprint density at radius 2 is 1.97 bits per heavy atom. The second-order valence-corrected chi connectivity index (χ2v) is 7.47. The summed E-state index contributed by atoms with van der Waals surface area (Å²) >= 11 is 0. The van der Waals surface area contributed by atoms with Crippen LogP contribution in [-0.2, 0) is 23.8 Å². The van der Waals surface area contributed by atoms with Crippen molar-refractivity contribution in [2.24, 2.45) is 5.11 Å². The van der Waals surface area contributed by atoms with Gasteiger partial charge in [0.25, 0.3) is 0 Å². The average molecular weight is 429 g/mol. The molecular formula is C17H27N5O8. The molecule has 2 amide bonds. The van der Waals surface area contributed by atoms with Gasteiger partial charge in [-0.2, -0.15) is 0 Å². The lowest BCUT2D eigenvalue weighted by molar-refractivity contribution is -0.147. The number of azide groups is 1. The fourth-order valence-corrected chi connectivity index (χ4v) is 2.66. The molecule has 1 aliphatic heterocycles. The Morgan fingerprint density at radius 1 is 1.33 bits per heavy atom. The number of ether oxygens (including phenoxy) is 3. The molecule has 0 radical (unpaired) electrons. The van der Waals surface area contributed by atoms with Gasteiger partial charge >= 0.3 is 12.1 Å². The van der Waals surface area contributed by atoms with Crippen molar-refractivity contribution in [3.63, 3.8) is 0 Å². The van der Waals surface area contributed by atoms with E-state index in [-0.39, 0.29) is 5.76 Å². The van der Waals surface area contributed by atoms with Crippen molar-refractivity contribution >= 4 is 18.0 Å². The quantitative estimate of drug-likeness (QED) is 0.186. The van der Waals surface area contributed by atoms with Crippen LogP contribution in [0, 0.1) is 0 Å². The van der Waals surface area contributed by atoms with Gasteiger partial charge in [-0.25, -0.2) is 9.59 Å². The van der Waals surface area contributed by atoms with E-state index < -0.39 is 60.5 Å². The third-order valence-corrected chi connectivity index (χ3v) is 3.84. The lowest BCUT2D eigenvalue weighted by Crippen LogP contribution is -2.63. The first kappa shape index (κ1) is 25.0. The molecule has 1 rings (SSSR count). The molecule has 1 aliphatic rings. The van der Waals surface area contributed by atoms with Gasteiger partial charge < -0.3 is 35.1 Å². The second-order valence-electron chi connectivity index (χ2n) is 7.47. The minimum absolute atomic E-state index is 0.361. The molecule has 0 saturated heterocycles. The molecule has 0 saturated carbocycles. The van der Waals surface area contributed by atoms with Crippen molar-refractivity contribution in [3.8, 4) is 0 Å². The van der Waals surface area contributed by atoms with Crippen LogP contribution in [-0.4, -0.2) is 77.8 Å². The maximum absolute atomic E-state index is 12.3. The summed E-state index contributed by atoms with van der Waals surface area (Å²) in [6.07, 6.45) is -4.35. The van der Waals surface area contributed by atoms with Gasteiger partial charge in [0.15, 0.2) is 0 Å². The van der Waals surface area contributed by atoms with Crippen molar-refractivity contribution < 1.29 is 38.8 Å². The van der Waals surface area contributed by atoms with E-state index in [1.54, 1.807) is 20.8 Å². The maximum atomic E-state index is 12.3. The average Bonchev–Trinajstić information content (AvgIpc) is 2.63. The zero-order valence-electron chi connectivity index (χ0n) is 17.4. The highest BCUT2D eigenvalue weighted by Crippen LogP contribution is 2.24. The minimum atomic E-state index is -1.70. The first-order valence-electron chi connectivity index (χ1n) is 9.00. The molecule has 0 aliphatic carbocycles. The van der Waals surface area contributed by atoms with E-state index in [1.165, 1.54) is 13.0 Å². The number of carbonyl (C=O) groups excluding carboxylic acids is 3. The van der Waals surface area contributed by atoms with Crippen molar-refractivity contribution in [3.05, 3.63) is 22.3 Å². The van der Waals surface area contributed by atoms with Crippen molar-refractivity contribution in [2.45, 2.75) is 63.7 Å². The van der Waals surface area contributed by atoms with E-state index in [2.05, 4.69) is 25.4 Å². The van der Waals surface area contributed by atoms with E-state index in [4.69, 9.17) is 15.0 Å². The van der Waals surface area contributed by atoms with Gasteiger partial charge in [-0.15, -0.1) is 0 Å². The number of hydrogen-bond acceptors (Lipinski definition) is 9. The summed E-state index contributed by atoms with van der Waals surface area (Å²) in [5.74, 6) is -1.80. The fourth-order valence-electron chi connectivity index (χ4n) is 2.66. The first-order valence-corrected chi connectivity index (χ1v) is 9.00. The molecule has 4 N–H and O–H groups in total. The molecular weight excluding hydrogens is 402 g/mol. The molecule has 13 nitrogen and oxygen atoms in total. The van der Waals surface area contributed by atoms with Crippen molar-refractivity contribution in [1.29, 1.82) is 0 Å². The smallest absolute Gasteiger partial charge is 0.408 e. The number of amides is 2. The molecule has 0 aromatic carbocycles. The van der Waals surface area contributed by atoms with Crippen LogP contribution in [0.2, 0.25) is 0 Å². The molecule has 0 spiro atoms. The molecule has 0 aromatic rings. The van der Waals surface area contributed by atoms with E-state index in [1.807, 2.05) is 0 Å². The Kier molecular flexibility index (Phi) is 8.90. The van der Waals surface area contributed by atoms with E-state index in [0.29, 0.717) is 0 Å². The SMILES string of the molecule is COC(=O)C1=C[C@H](NC(=O)OC(C)(C)C)[C@@H](NC(C)=O)[C@H](C(O)C(O)CN=[N+]=[N-])O1. The standard InChI is InChI=1S/C17H27N5O8/c1-8(23)20-12-9(21-16(27)30-17(2,3)4)6-11(15(26)28-5)29-14(12)13(25)10(24)7-19-22-18/h6,9-10,12-14,24-25H,7H2,1-5H3,(H,20,23)(H,21,27)/t9-,10?,12+,13?,14+/m0/s1. The monoisotopic (exact) mass is 429 g/mol. The largest absolute Gasteiger partial charge is 0.478 e. The normalized spacial score (nSPS) is 22.9. The van der Waals surface area contributed by atoms with Crippen LogP contribution in [0.25, 0.3) is 10.4 Å². The number of esters is 1. The Morgan fingerprint density at radius 3 is 2.47 bits per heavy atom. The zero-order valence-corrected chi connectivity index (χ0v) is 17.4. The summed E-state index contributed by atoms with van der Waals surface area (Å²) in [4.78, 5) is 38.5. The van der Waals surface area contributed by atoms with Crippen LogP contribution in [0.4, 0.5) is 4.79 Å². The molecule has 1 heterocycles. The van der Waals surface area contributed by atoms with Gasteiger partial charge in [-0.05, 0) is 32.4 Å². The number of nitrogens with zero attached hydrogens (tertiary/aromatic N) is 3. The van der Waals surface area contributed by atoms with Crippen LogP contribution >= 0.6 is 0 Å². The number of carbonyl (C=O) groups is 3. The number of methoxy groups -OCH3 is 1. The first-order chi connectivity index (χ1) is 13.9. The minimum Gasteiger partial charge on any atom is -0.478 e. The highest BCUT2D eigenvalue weighted by atomic mass is 16.6. The number of nitrogens with one attached hydrogen (secondary N) is 2. The molecule has 5 atom stereocenters. The number of hydrogen-bond donors (Lipinski definition) is 4. The molecule has 0 aromatic heterocycles. The van der Waals surface area contributed by atoms with Gasteiger partial charge in [0, 0.05) is 11.8 Å². The Hall–Kier alpha value is -3.02. The summed E-state index contributed by atoms with van der Waals surface area (Å²) in [7, 11) is 1.10. The highest BCUT2D eigenvalue weighted by Gasteiger charge is 2.44. The number of aliphatic hydroxyl groups excluding tert-OH is 2. The fraction of sp³-hybridized carbons (Fsp3) is 0.706. The van der Waals surface area contributed by atoms with Crippen LogP contribution in [0.15, 0.2) is 16.9 Å². The third-order valence-electron chi connectivity index (χ3n) is 3.84. The van der Waals surface area contributed by atoms with Gasteiger partial charge in [-0.1, -0.05) is 5.11 Å². The van der Waals surface area contributed by atoms with Gasteiger partial charge in [0.05, 0.1) is 31.8 Å². The predicted molar refractivity (Wildman–Crippen MR) is 102 cm³/mol. The van der Waals surface area contributed by atoms with E-state index >= 15 is 0 Å². The summed E-state index contributed by atoms with van der Waals surface area (Å²) in [6, 6.07) is -2.18. The number of aliphatic hydroxyl groups is 2. The van der Waals surface area contributed by atoms with Crippen molar-refractivity contribution in [2.75, 3.05) is 13.7 Å². The van der Waals surface area contributed by atoms with Gasteiger partial charge in [-0.3, -0.25) is 4.79 Å². The molecule has 13 heteroatoms. The summed E-state index contributed by atoms with van der Waals surface area (Å²) in [6.45, 7) is 5.65. The summed E-state index contributed by atoms with van der Waals surface area (Å²) in [5.41, 5.74) is 7.58. The van der Waals surface area contributed by atoms with Crippen molar-refractivity contribution in [1.82, 2.24) is 10.6 Å². The molecule has 2 unspecified atom stereocenters. The molecule has 0 bridgehead atoms. The van der Waals surface area contributed by atoms with Gasteiger partial charge in [0.2, 0.25) is 11.7 Å². The summed E-state index contributed by atoms with van der Waals surface area (Å²) < 4.78 is 15.3. The maximum Gasteiger partial charge on any atom is 0.408 e. The lowest BCUT2D eigenvalue weighted by atomic mass is 9.92. The molecule has 0 fully saturated rings. The predicted octanol–water partition coefficient (Wildman–Crippen LogP) is -0.128. The Bertz CT molecular complexity index is 728. The van der Waals surface area contributed by atoms with E-state index in [9.17, 15) is 24.6 Å². The topological polar surface area (TPSA) is 192 Å². The zero-order chi connectivity index (χ0) is 23.1.